The SMILES string of the molecule is CC(=O)NCCCCCC(=O)NCc1ccccc1-c1ccc([C@@H]2O[C@H](CN(C)[C@H](C)c3ccc4ccccc4c3)[C@H](C)[C@H](c3ccc(CO)cc3)O2)cc1. The number of aliphatic hydroxyl groups is 1. The van der Waals surface area contributed by atoms with Crippen molar-refractivity contribution in [2.75, 3.05) is 20.1 Å². The minimum absolute atomic E-state index is 0.00283. The normalized spacial score (nSPS) is 18.9. The number of amides is 2. The number of ether oxygens (including phenoxy) is 2. The van der Waals surface area contributed by atoms with Crippen LogP contribution in [-0.4, -0.2) is 48.1 Å². The van der Waals surface area contributed by atoms with Gasteiger partial charge in [-0.2, -0.15) is 0 Å². The molecule has 0 unspecified atom stereocenters. The van der Waals surface area contributed by atoms with Gasteiger partial charge in [-0.05, 0) is 77.0 Å². The second kappa shape index (κ2) is 19.1. The fraction of sp³-hybridized carbons (Fsp3) is 0.362. The smallest absolute Gasteiger partial charge is 0.220 e. The van der Waals surface area contributed by atoms with Crippen LogP contribution in [0.2, 0.25) is 0 Å². The molecule has 1 heterocycles. The molecule has 8 heteroatoms. The van der Waals surface area contributed by atoms with E-state index in [4.69, 9.17) is 9.47 Å². The van der Waals surface area contributed by atoms with Gasteiger partial charge in [0.1, 0.15) is 0 Å². The molecule has 5 atom stereocenters. The Morgan fingerprint density at radius 3 is 2.25 bits per heavy atom. The molecule has 0 spiro atoms. The molecule has 0 radical (unpaired) electrons. The maximum Gasteiger partial charge on any atom is 0.220 e. The number of fused-ring (bicyclic) bond motifs is 1. The first kappa shape index (κ1) is 39.8. The number of carbonyl (C=O) groups is 2. The minimum Gasteiger partial charge on any atom is -0.392 e. The van der Waals surface area contributed by atoms with E-state index in [2.05, 4.69) is 127 Å². The number of hydrogen-bond donors (Lipinski definition) is 3. The number of carbonyl (C=O) groups excluding carboxylic acids is 2. The van der Waals surface area contributed by atoms with Crippen molar-refractivity contribution in [3.05, 3.63) is 143 Å². The standard InChI is InChI=1S/C47H55N3O5/c1-32-44(30-50(4)33(2)40-26-21-36-12-7-8-13-41(36)28-40)54-47(55-46(32)38-19-17-35(31-51)18-20-38)39-24-22-37(23-25-39)43-15-10-9-14-42(43)29-49-45(53)16-6-5-11-27-48-34(3)52/h7-10,12-15,17-26,28,32-33,44,46-47,51H,5-6,11,16,27,29-31H2,1-4H3,(H,48,52)(H,49,53)/t32-,33+,44+,46+,47+/m0/s1. The lowest BCUT2D eigenvalue weighted by Crippen LogP contribution is -2.44. The number of likely N-dealkylation sites (N-methyl/N-ethyl adjacent to an activating group) is 1. The topological polar surface area (TPSA) is 100 Å². The predicted octanol–water partition coefficient (Wildman–Crippen LogP) is 8.80. The molecule has 5 aromatic carbocycles. The largest absolute Gasteiger partial charge is 0.392 e. The van der Waals surface area contributed by atoms with Crippen LogP contribution in [0.15, 0.2) is 115 Å². The van der Waals surface area contributed by atoms with E-state index in [1.807, 2.05) is 24.3 Å². The van der Waals surface area contributed by atoms with E-state index in [0.29, 0.717) is 26.1 Å². The quantitative estimate of drug-likeness (QED) is 0.0875. The zero-order valence-electron chi connectivity index (χ0n) is 32.5. The van der Waals surface area contributed by atoms with Gasteiger partial charge in [0, 0.05) is 50.5 Å². The number of hydrogen-bond acceptors (Lipinski definition) is 6. The third-order valence-electron chi connectivity index (χ3n) is 11.0. The molecule has 1 saturated heterocycles. The van der Waals surface area contributed by atoms with Crippen LogP contribution in [0.1, 0.15) is 92.7 Å². The van der Waals surface area contributed by atoms with Gasteiger partial charge in [-0.15, -0.1) is 0 Å². The summed E-state index contributed by atoms with van der Waals surface area (Å²) >= 11 is 0. The van der Waals surface area contributed by atoms with Crippen LogP contribution in [0.5, 0.6) is 0 Å². The summed E-state index contributed by atoms with van der Waals surface area (Å²) in [6, 6.07) is 39.9. The number of unbranched alkanes of at least 4 members (excludes halogenated alkanes) is 2. The molecule has 5 aromatic rings. The summed E-state index contributed by atoms with van der Waals surface area (Å²) in [5.41, 5.74) is 7.28. The Morgan fingerprint density at radius 2 is 1.51 bits per heavy atom. The molecule has 0 bridgehead atoms. The highest BCUT2D eigenvalue weighted by Gasteiger charge is 2.39. The van der Waals surface area contributed by atoms with Crippen molar-refractivity contribution in [2.45, 2.75) is 84.1 Å². The lowest BCUT2D eigenvalue weighted by molar-refractivity contribution is -0.276. The van der Waals surface area contributed by atoms with Crippen LogP contribution in [0.3, 0.4) is 0 Å². The Morgan fingerprint density at radius 1 is 0.800 bits per heavy atom. The molecule has 1 aliphatic heterocycles. The lowest BCUT2D eigenvalue weighted by Gasteiger charge is -2.43. The molecule has 3 N–H and O–H groups in total. The molecule has 1 aliphatic rings. The van der Waals surface area contributed by atoms with Crippen LogP contribution >= 0.6 is 0 Å². The average molecular weight is 742 g/mol. The lowest BCUT2D eigenvalue weighted by atomic mass is 9.89. The van der Waals surface area contributed by atoms with Crippen molar-refractivity contribution in [1.29, 1.82) is 0 Å². The van der Waals surface area contributed by atoms with E-state index >= 15 is 0 Å². The fourth-order valence-electron chi connectivity index (χ4n) is 7.40. The number of aliphatic hydroxyl groups excluding tert-OH is 1. The Hall–Kier alpha value is -4.86. The van der Waals surface area contributed by atoms with Gasteiger partial charge in [0.25, 0.3) is 0 Å². The van der Waals surface area contributed by atoms with E-state index in [1.165, 1.54) is 23.3 Å². The van der Waals surface area contributed by atoms with Crippen LogP contribution in [0, 0.1) is 5.92 Å². The second-order valence-electron chi connectivity index (χ2n) is 14.9. The monoisotopic (exact) mass is 741 g/mol. The zero-order valence-corrected chi connectivity index (χ0v) is 32.5. The Bertz CT molecular complexity index is 2010. The highest BCUT2D eigenvalue weighted by atomic mass is 16.7. The molecule has 0 aliphatic carbocycles. The van der Waals surface area contributed by atoms with E-state index in [1.54, 1.807) is 0 Å². The molecule has 55 heavy (non-hydrogen) atoms. The number of rotatable bonds is 16. The highest BCUT2D eigenvalue weighted by molar-refractivity contribution is 5.83. The van der Waals surface area contributed by atoms with Gasteiger partial charge in [0.05, 0.1) is 18.8 Å². The van der Waals surface area contributed by atoms with Crippen molar-refractivity contribution in [3.63, 3.8) is 0 Å². The molecule has 1 fully saturated rings. The first-order valence-electron chi connectivity index (χ1n) is 19.6. The Balaban J connectivity index is 1.15. The van der Waals surface area contributed by atoms with Crippen molar-refractivity contribution in [2.24, 2.45) is 5.92 Å². The highest BCUT2D eigenvalue weighted by Crippen LogP contribution is 2.42. The van der Waals surface area contributed by atoms with Crippen molar-refractivity contribution in [3.8, 4) is 11.1 Å². The van der Waals surface area contributed by atoms with E-state index in [9.17, 15) is 14.7 Å². The second-order valence-corrected chi connectivity index (χ2v) is 14.9. The van der Waals surface area contributed by atoms with Crippen LogP contribution in [0.25, 0.3) is 21.9 Å². The molecule has 6 rings (SSSR count). The maximum atomic E-state index is 12.6. The molecule has 2 amide bonds. The third-order valence-corrected chi connectivity index (χ3v) is 11.0. The molecular weight excluding hydrogens is 687 g/mol. The molecule has 0 saturated carbocycles. The summed E-state index contributed by atoms with van der Waals surface area (Å²) in [4.78, 5) is 26.0. The van der Waals surface area contributed by atoms with Crippen LogP contribution in [-0.2, 0) is 32.2 Å². The van der Waals surface area contributed by atoms with Gasteiger partial charge in [0.2, 0.25) is 11.8 Å². The van der Waals surface area contributed by atoms with Gasteiger partial charge in [-0.1, -0.05) is 123 Å². The first-order chi connectivity index (χ1) is 26.7. The third kappa shape index (κ3) is 10.5. The van der Waals surface area contributed by atoms with E-state index < -0.39 is 6.29 Å². The van der Waals surface area contributed by atoms with Crippen molar-refractivity contribution in [1.82, 2.24) is 15.5 Å². The minimum atomic E-state index is -0.574. The summed E-state index contributed by atoms with van der Waals surface area (Å²) in [6.45, 7) is 7.76. The van der Waals surface area contributed by atoms with Crippen molar-refractivity contribution < 1.29 is 24.2 Å². The molecular formula is C47H55N3O5. The van der Waals surface area contributed by atoms with E-state index in [-0.39, 0.29) is 42.6 Å². The summed E-state index contributed by atoms with van der Waals surface area (Å²) in [5.74, 6) is 0.0627. The number of nitrogens with one attached hydrogen (secondary N) is 2. The zero-order chi connectivity index (χ0) is 38.7. The summed E-state index contributed by atoms with van der Waals surface area (Å²) in [7, 11) is 2.16. The maximum absolute atomic E-state index is 12.6. The Labute approximate surface area is 325 Å². The molecule has 288 valence electrons. The number of benzene rings is 5. The average Bonchev–Trinajstić information content (AvgIpc) is 3.21. The molecule has 0 aromatic heterocycles. The number of nitrogens with zero attached hydrogens (tertiary/aromatic N) is 1. The fourth-order valence-corrected chi connectivity index (χ4v) is 7.40. The van der Waals surface area contributed by atoms with Crippen LogP contribution in [0.4, 0.5) is 0 Å². The van der Waals surface area contributed by atoms with Crippen molar-refractivity contribution >= 4 is 22.6 Å². The Kier molecular flexibility index (Phi) is 13.9. The van der Waals surface area contributed by atoms with Gasteiger partial charge < -0.3 is 25.2 Å². The van der Waals surface area contributed by atoms with Gasteiger partial charge >= 0.3 is 0 Å². The first-order valence-corrected chi connectivity index (χ1v) is 19.6. The van der Waals surface area contributed by atoms with Crippen LogP contribution < -0.4 is 10.6 Å². The van der Waals surface area contributed by atoms with Gasteiger partial charge in [-0.3, -0.25) is 14.5 Å². The summed E-state index contributed by atoms with van der Waals surface area (Å²) in [5, 5.41) is 18.0. The summed E-state index contributed by atoms with van der Waals surface area (Å²) < 4.78 is 13.6. The van der Waals surface area contributed by atoms with Gasteiger partial charge in [0.15, 0.2) is 6.29 Å². The molecule has 8 nitrogen and oxygen atoms in total. The predicted molar refractivity (Wildman–Crippen MR) is 219 cm³/mol. The summed E-state index contributed by atoms with van der Waals surface area (Å²) in [6.07, 6.45) is 2.11. The van der Waals surface area contributed by atoms with Gasteiger partial charge in [-0.25, -0.2) is 0 Å². The van der Waals surface area contributed by atoms with E-state index in [0.717, 1.165) is 52.6 Å².